The minimum Gasteiger partial charge on any atom is -0.490 e. The van der Waals surface area contributed by atoms with Gasteiger partial charge in [0.25, 0.3) is 0 Å². The molecule has 1 rings (SSSR count). The smallest absolute Gasteiger partial charge is 0.341 e. The van der Waals surface area contributed by atoms with E-state index in [1.807, 2.05) is 6.92 Å². The van der Waals surface area contributed by atoms with Crippen LogP contribution in [0, 0.1) is 0 Å². The van der Waals surface area contributed by atoms with Gasteiger partial charge in [0, 0.05) is 6.61 Å². The van der Waals surface area contributed by atoms with E-state index in [2.05, 4.69) is 0 Å². The molecule has 0 saturated carbocycles. The number of hydrogen-bond acceptors (Lipinski definition) is 4. The lowest BCUT2D eigenvalue weighted by Crippen LogP contribution is -2.24. The van der Waals surface area contributed by atoms with E-state index in [9.17, 15) is 9.90 Å². The zero-order chi connectivity index (χ0) is 13.5. The molecule has 0 spiro atoms. The summed E-state index contributed by atoms with van der Waals surface area (Å²) in [6, 6.07) is 4.54. The Morgan fingerprint density at radius 2 is 2.17 bits per heavy atom. The third-order valence-corrected chi connectivity index (χ3v) is 2.45. The molecule has 1 unspecified atom stereocenters. The molecule has 2 N–H and O–H groups in total. The van der Waals surface area contributed by atoms with E-state index in [4.69, 9.17) is 26.2 Å². The van der Waals surface area contributed by atoms with Crippen molar-refractivity contribution in [2.75, 3.05) is 19.8 Å². The number of aliphatic hydroxyl groups excluding tert-OH is 1. The van der Waals surface area contributed by atoms with Crippen LogP contribution >= 0.6 is 11.6 Å². The maximum Gasteiger partial charge on any atom is 0.341 e. The molecule has 1 aromatic carbocycles. The van der Waals surface area contributed by atoms with E-state index in [1.54, 1.807) is 6.07 Å². The lowest BCUT2D eigenvalue weighted by molar-refractivity contribution is 0.0161. The highest BCUT2D eigenvalue weighted by molar-refractivity contribution is 6.33. The van der Waals surface area contributed by atoms with Gasteiger partial charge in [0.1, 0.15) is 24.0 Å². The van der Waals surface area contributed by atoms with Crippen molar-refractivity contribution >= 4 is 17.6 Å². The monoisotopic (exact) mass is 274 g/mol. The zero-order valence-electron chi connectivity index (χ0n) is 9.93. The number of aliphatic hydroxyl groups is 1. The fourth-order valence-corrected chi connectivity index (χ4v) is 1.57. The van der Waals surface area contributed by atoms with Gasteiger partial charge in [-0.3, -0.25) is 0 Å². The van der Waals surface area contributed by atoms with Crippen LogP contribution in [0.1, 0.15) is 17.3 Å². The van der Waals surface area contributed by atoms with Crippen LogP contribution in [0.3, 0.4) is 0 Å². The summed E-state index contributed by atoms with van der Waals surface area (Å²) in [6.07, 6.45) is -0.814. The molecule has 0 saturated heterocycles. The number of hydrogen-bond donors (Lipinski definition) is 2. The summed E-state index contributed by atoms with van der Waals surface area (Å²) in [5.74, 6) is -1.04. The number of carbonyl (C=O) groups is 1. The molecule has 0 aliphatic carbocycles. The van der Waals surface area contributed by atoms with Crippen molar-refractivity contribution in [1.82, 2.24) is 0 Å². The normalized spacial score (nSPS) is 12.2. The molecule has 0 aliphatic heterocycles. The maximum atomic E-state index is 11.0. The van der Waals surface area contributed by atoms with Gasteiger partial charge in [-0.2, -0.15) is 0 Å². The number of halogens is 1. The number of carboxylic acid groups (broad SMARTS) is 1. The fraction of sp³-hybridized carbons (Fsp3) is 0.417. The van der Waals surface area contributed by atoms with E-state index in [1.165, 1.54) is 12.1 Å². The molecule has 0 heterocycles. The summed E-state index contributed by atoms with van der Waals surface area (Å²) in [5, 5.41) is 18.6. The molecule has 0 bridgehead atoms. The zero-order valence-corrected chi connectivity index (χ0v) is 10.7. The van der Waals surface area contributed by atoms with Gasteiger partial charge < -0.3 is 19.7 Å². The van der Waals surface area contributed by atoms with Gasteiger partial charge in [0.2, 0.25) is 0 Å². The molecular weight excluding hydrogens is 260 g/mol. The van der Waals surface area contributed by atoms with E-state index >= 15 is 0 Å². The van der Waals surface area contributed by atoms with Gasteiger partial charge in [-0.05, 0) is 19.1 Å². The second-order valence-electron chi connectivity index (χ2n) is 3.54. The van der Waals surface area contributed by atoms with E-state index in [-0.39, 0.29) is 29.5 Å². The molecule has 0 amide bonds. The average Bonchev–Trinajstić information content (AvgIpc) is 2.33. The minimum atomic E-state index is -1.17. The largest absolute Gasteiger partial charge is 0.490 e. The van der Waals surface area contributed by atoms with Crippen molar-refractivity contribution in [3.8, 4) is 5.75 Å². The van der Waals surface area contributed by atoms with E-state index in [0.717, 1.165) is 0 Å². The van der Waals surface area contributed by atoms with E-state index in [0.29, 0.717) is 6.61 Å². The number of rotatable bonds is 7. The van der Waals surface area contributed by atoms with Crippen molar-refractivity contribution in [2.45, 2.75) is 13.0 Å². The van der Waals surface area contributed by atoms with Gasteiger partial charge in [-0.15, -0.1) is 0 Å². The lowest BCUT2D eigenvalue weighted by Gasteiger charge is -2.14. The second-order valence-corrected chi connectivity index (χ2v) is 3.95. The van der Waals surface area contributed by atoms with Crippen LogP contribution in [-0.2, 0) is 4.74 Å². The Morgan fingerprint density at radius 3 is 2.78 bits per heavy atom. The first-order chi connectivity index (χ1) is 8.56. The third-order valence-electron chi connectivity index (χ3n) is 2.13. The Labute approximate surface area is 110 Å². The Hall–Kier alpha value is -1.30. The predicted molar refractivity (Wildman–Crippen MR) is 66.4 cm³/mol. The highest BCUT2D eigenvalue weighted by atomic mass is 35.5. The highest BCUT2D eigenvalue weighted by Crippen LogP contribution is 2.26. The molecule has 0 fully saturated rings. The van der Waals surface area contributed by atoms with Crippen LogP contribution in [0.2, 0.25) is 5.02 Å². The van der Waals surface area contributed by atoms with Crippen LogP contribution in [0.5, 0.6) is 5.75 Å². The highest BCUT2D eigenvalue weighted by Gasteiger charge is 2.16. The molecule has 0 radical (unpaired) electrons. The number of aromatic carboxylic acids is 1. The Balaban J connectivity index is 2.67. The average molecular weight is 275 g/mol. The van der Waals surface area contributed by atoms with Gasteiger partial charge in [0.05, 0.1) is 11.6 Å². The van der Waals surface area contributed by atoms with Crippen LogP contribution in [-0.4, -0.2) is 42.1 Å². The fourth-order valence-electron chi connectivity index (χ4n) is 1.32. The summed E-state index contributed by atoms with van der Waals surface area (Å²) >= 11 is 5.78. The summed E-state index contributed by atoms with van der Waals surface area (Å²) in [4.78, 5) is 11.0. The van der Waals surface area contributed by atoms with Crippen LogP contribution in [0.4, 0.5) is 0 Å². The summed E-state index contributed by atoms with van der Waals surface area (Å²) in [7, 11) is 0. The first kappa shape index (κ1) is 14.8. The SMILES string of the molecule is CCOCC(O)COc1cccc(Cl)c1C(=O)O. The standard InChI is InChI=1S/C12H15ClO5/c1-2-17-6-8(14)7-18-10-5-3-4-9(13)11(10)12(15)16/h3-5,8,14H,2,6-7H2,1H3,(H,15,16). The molecular formula is C12H15ClO5. The quantitative estimate of drug-likeness (QED) is 0.793. The topological polar surface area (TPSA) is 76.0 Å². The summed E-state index contributed by atoms with van der Waals surface area (Å²) in [6.45, 7) is 2.39. The van der Waals surface area contributed by atoms with Crippen molar-refractivity contribution in [1.29, 1.82) is 0 Å². The Bertz CT molecular complexity index is 407. The van der Waals surface area contributed by atoms with Crippen molar-refractivity contribution in [3.05, 3.63) is 28.8 Å². The van der Waals surface area contributed by atoms with Gasteiger partial charge >= 0.3 is 5.97 Å². The Morgan fingerprint density at radius 1 is 1.44 bits per heavy atom. The minimum absolute atomic E-state index is 0.0549. The van der Waals surface area contributed by atoms with Gasteiger partial charge in [-0.1, -0.05) is 17.7 Å². The molecule has 1 atom stereocenters. The van der Waals surface area contributed by atoms with Crippen molar-refractivity contribution in [3.63, 3.8) is 0 Å². The third kappa shape index (κ3) is 4.18. The van der Waals surface area contributed by atoms with Gasteiger partial charge in [0.15, 0.2) is 0 Å². The maximum absolute atomic E-state index is 11.0. The molecule has 6 heteroatoms. The van der Waals surface area contributed by atoms with Gasteiger partial charge in [-0.25, -0.2) is 4.79 Å². The van der Waals surface area contributed by atoms with Crippen LogP contribution < -0.4 is 4.74 Å². The molecule has 1 aromatic rings. The first-order valence-electron chi connectivity index (χ1n) is 5.46. The molecule has 18 heavy (non-hydrogen) atoms. The molecule has 100 valence electrons. The van der Waals surface area contributed by atoms with Crippen LogP contribution in [0.25, 0.3) is 0 Å². The van der Waals surface area contributed by atoms with Crippen molar-refractivity contribution < 1.29 is 24.5 Å². The number of benzene rings is 1. The van der Waals surface area contributed by atoms with Crippen molar-refractivity contribution in [2.24, 2.45) is 0 Å². The first-order valence-corrected chi connectivity index (χ1v) is 5.84. The molecule has 0 aromatic heterocycles. The number of ether oxygens (including phenoxy) is 2. The summed E-state index contributed by atoms with van der Waals surface area (Å²) < 4.78 is 10.3. The summed E-state index contributed by atoms with van der Waals surface area (Å²) in [5.41, 5.74) is -0.109. The molecule has 0 aliphatic rings. The van der Waals surface area contributed by atoms with E-state index < -0.39 is 12.1 Å². The second kappa shape index (κ2) is 7.20. The Kier molecular flexibility index (Phi) is 5.91. The number of carboxylic acids is 1. The van der Waals surface area contributed by atoms with Crippen LogP contribution in [0.15, 0.2) is 18.2 Å². The predicted octanol–water partition coefficient (Wildman–Crippen LogP) is 1.81. The lowest BCUT2D eigenvalue weighted by atomic mass is 10.2. The molecule has 5 nitrogen and oxygen atoms in total.